The van der Waals surface area contributed by atoms with Crippen LogP contribution in [0.3, 0.4) is 0 Å². The number of carbonyl (C=O) groups excluding carboxylic acids is 2. The Morgan fingerprint density at radius 3 is 2.50 bits per heavy atom. The summed E-state index contributed by atoms with van der Waals surface area (Å²) >= 11 is 1.70. The van der Waals surface area contributed by atoms with Gasteiger partial charge in [-0.2, -0.15) is 0 Å². The SMILES string of the molecule is CC(=O)N(CC(=O)N(Cc1ccccc1)Cc1ccc(C)s1)C[C@H]1CCCO1. The van der Waals surface area contributed by atoms with Gasteiger partial charge in [0.15, 0.2) is 0 Å². The van der Waals surface area contributed by atoms with Crippen LogP contribution < -0.4 is 0 Å². The van der Waals surface area contributed by atoms with Gasteiger partial charge in [0.1, 0.15) is 0 Å². The van der Waals surface area contributed by atoms with E-state index in [0.717, 1.165) is 29.9 Å². The Morgan fingerprint density at radius 2 is 1.89 bits per heavy atom. The molecule has 28 heavy (non-hydrogen) atoms. The van der Waals surface area contributed by atoms with Gasteiger partial charge in [0.05, 0.1) is 19.2 Å². The Balaban J connectivity index is 1.70. The summed E-state index contributed by atoms with van der Waals surface area (Å²) < 4.78 is 5.65. The molecule has 1 saturated heterocycles. The third kappa shape index (κ3) is 5.91. The van der Waals surface area contributed by atoms with Crippen molar-refractivity contribution in [3.63, 3.8) is 0 Å². The number of ether oxygens (including phenoxy) is 1. The van der Waals surface area contributed by atoms with Crippen LogP contribution in [0, 0.1) is 6.92 Å². The quantitative estimate of drug-likeness (QED) is 0.680. The third-order valence-corrected chi connectivity index (χ3v) is 5.92. The van der Waals surface area contributed by atoms with E-state index in [-0.39, 0.29) is 24.5 Å². The fourth-order valence-corrected chi connectivity index (χ4v) is 4.30. The van der Waals surface area contributed by atoms with Crippen LogP contribution in [0.25, 0.3) is 0 Å². The van der Waals surface area contributed by atoms with Gasteiger partial charge >= 0.3 is 0 Å². The molecular weight excluding hydrogens is 372 g/mol. The number of nitrogens with zero attached hydrogens (tertiary/aromatic N) is 2. The lowest BCUT2D eigenvalue weighted by atomic mass is 10.2. The maximum Gasteiger partial charge on any atom is 0.242 e. The van der Waals surface area contributed by atoms with Crippen LogP contribution in [0.1, 0.15) is 35.1 Å². The van der Waals surface area contributed by atoms with Crippen molar-refractivity contribution in [1.82, 2.24) is 9.80 Å². The molecule has 1 aromatic heterocycles. The second kappa shape index (κ2) is 9.85. The summed E-state index contributed by atoms with van der Waals surface area (Å²) in [7, 11) is 0. The van der Waals surface area contributed by atoms with Gasteiger partial charge in [-0.3, -0.25) is 9.59 Å². The zero-order valence-electron chi connectivity index (χ0n) is 16.6. The van der Waals surface area contributed by atoms with E-state index in [1.165, 1.54) is 11.8 Å². The molecular formula is C22H28N2O3S. The highest BCUT2D eigenvalue weighted by molar-refractivity contribution is 7.11. The van der Waals surface area contributed by atoms with Gasteiger partial charge in [0.25, 0.3) is 0 Å². The number of benzene rings is 1. The summed E-state index contributed by atoms with van der Waals surface area (Å²) in [6.45, 7) is 5.98. The van der Waals surface area contributed by atoms with Gasteiger partial charge in [0.2, 0.25) is 11.8 Å². The molecule has 0 unspecified atom stereocenters. The average molecular weight is 401 g/mol. The smallest absolute Gasteiger partial charge is 0.242 e. The molecule has 2 aromatic rings. The van der Waals surface area contributed by atoms with Crippen molar-refractivity contribution in [2.75, 3.05) is 19.7 Å². The highest BCUT2D eigenvalue weighted by atomic mass is 32.1. The summed E-state index contributed by atoms with van der Waals surface area (Å²) in [5.74, 6) is -0.126. The van der Waals surface area contributed by atoms with Crippen molar-refractivity contribution in [2.45, 2.75) is 45.9 Å². The predicted octanol–water partition coefficient (Wildman–Crippen LogP) is 3.61. The largest absolute Gasteiger partial charge is 0.376 e. The normalized spacial score (nSPS) is 16.1. The molecule has 2 heterocycles. The van der Waals surface area contributed by atoms with Crippen molar-refractivity contribution in [2.24, 2.45) is 0 Å². The molecule has 0 radical (unpaired) electrons. The Bertz CT molecular complexity index is 784. The molecule has 1 aliphatic heterocycles. The van der Waals surface area contributed by atoms with Crippen molar-refractivity contribution >= 4 is 23.2 Å². The summed E-state index contributed by atoms with van der Waals surface area (Å²) in [5, 5.41) is 0. The Labute approximate surface area is 170 Å². The maximum absolute atomic E-state index is 13.1. The lowest BCUT2D eigenvalue weighted by Crippen LogP contribution is -2.44. The zero-order chi connectivity index (χ0) is 19.9. The second-order valence-corrected chi connectivity index (χ2v) is 8.65. The van der Waals surface area contributed by atoms with Crippen LogP contribution in [0.2, 0.25) is 0 Å². The van der Waals surface area contributed by atoms with Gasteiger partial charge in [-0.1, -0.05) is 30.3 Å². The first-order valence-electron chi connectivity index (χ1n) is 9.75. The van der Waals surface area contributed by atoms with Crippen LogP contribution in [0.4, 0.5) is 0 Å². The van der Waals surface area contributed by atoms with Crippen molar-refractivity contribution < 1.29 is 14.3 Å². The van der Waals surface area contributed by atoms with Gasteiger partial charge in [-0.15, -0.1) is 11.3 Å². The van der Waals surface area contributed by atoms with Crippen molar-refractivity contribution in [3.8, 4) is 0 Å². The van der Waals surface area contributed by atoms with E-state index in [9.17, 15) is 9.59 Å². The third-order valence-electron chi connectivity index (χ3n) is 4.93. The molecule has 5 nitrogen and oxygen atoms in total. The molecule has 150 valence electrons. The van der Waals surface area contributed by atoms with E-state index >= 15 is 0 Å². The first-order valence-corrected chi connectivity index (χ1v) is 10.6. The maximum atomic E-state index is 13.1. The van der Waals surface area contributed by atoms with E-state index in [1.54, 1.807) is 16.2 Å². The highest BCUT2D eigenvalue weighted by Gasteiger charge is 2.25. The van der Waals surface area contributed by atoms with E-state index in [0.29, 0.717) is 19.6 Å². The minimum atomic E-state index is -0.0875. The van der Waals surface area contributed by atoms with Gasteiger partial charge in [-0.25, -0.2) is 0 Å². The van der Waals surface area contributed by atoms with Gasteiger partial charge in [-0.05, 0) is 37.5 Å². The molecule has 2 amide bonds. The van der Waals surface area contributed by atoms with Crippen molar-refractivity contribution in [3.05, 3.63) is 57.8 Å². The number of aryl methyl sites for hydroxylation is 1. The van der Waals surface area contributed by atoms with Crippen LogP contribution in [-0.2, 0) is 27.4 Å². The van der Waals surface area contributed by atoms with Gasteiger partial charge in [0, 0.05) is 36.4 Å². The molecule has 0 spiro atoms. The Kier molecular flexibility index (Phi) is 7.23. The summed E-state index contributed by atoms with van der Waals surface area (Å²) in [5.41, 5.74) is 1.08. The summed E-state index contributed by atoms with van der Waals surface area (Å²) in [4.78, 5) is 31.1. The molecule has 0 N–H and O–H groups in total. The Hall–Kier alpha value is -2.18. The van der Waals surface area contributed by atoms with E-state index in [2.05, 4.69) is 19.1 Å². The molecule has 1 aromatic carbocycles. The monoisotopic (exact) mass is 400 g/mol. The number of thiophene rings is 1. The number of rotatable bonds is 8. The lowest BCUT2D eigenvalue weighted by Gasteiger charge is -2.28. The zero-order valence-corrected chi connectivity index (χ0v) is 17.4. The van der Waals surface area contributed by atoms with Crippen LogP contribution >= 0.6 is 11.3 Å². The molecule has 1 aliphatic rings. The van der Waals surface area contributed by atoms with E-state index < -0.39 is 0 Å². The van der Waals surface area contributed by atoms with Crippen LogP contribution in [-0.4, -0.2) is 47.4 Å². The van der Waals surface area contributed by atoms with Crippen LogP contribution in [0.5, 0.6) is 0 Å². The minimum Gasteiger partial charge on any atom is -0.376 e. The molecule has 0 saturated carbocycles. The number of carbonyl (C=O) groups is 2. The summed E-state index contributed by atoms with van der Waals surface area (Å²) in [6, 6.07) is 14.1. The average Bonchev–Trinajstić information content (AvgIpc) is 3.33. The fraction of sp³-hybridized carbons (Fsp3) is 0.455. The highest BCUT2D eigenvalue weighted by Crippen LogP contribution is 2.19. The van der Waals surface area contributed by atoms with Crippen LogP contribution in [0.15, 0.2) is 42.5 Å². The molecule has 6 heteroatoms. The molecule has 0 aliphatic carbocycles. The van der Waals surface area contributed by atoms with Crippen molar-refractivity contribution in [1.29, 1.82) is 0 Å². The first-order chi connectivity index (χ1) is 13.5. The number of hydrogen-bond donors (Lipinski definition) is 0. The molecule has 1 fully saturated rings. The second-order valence-electron chi connectivity index (χ2n) is 7.28. The topological polar surface area (TPSA) is 49.9 Å². The standard InChI is InChI=1S/C22H28N2O3S/c1-17-10-11-21(28-17)15-24(13-19-7-4-3-5-8-19)22(26)16-23(18(2)25)14-20-9-6-12-27-20/h3-5,7-8,10-11,20H,6,9,12-16H2,1-2H3/t20-/m1/s1. The Morgan fingerprint density at radius 1 is 1.11 bits per heavy atom. The number of hydrogen-bond acceptors (Lipinski definition) is 4. The van der Waals surface area contributed by atoms with E-state index in [4.69, 9.17) is 4.74 Å². The molecule has 3 rings (SSSR count). The molecule has 0 bridgehead atoms. The predicted molar refractivity (Wildman–Crippen MR) is 111 cm³/mol. The molecule has 1 atom stereocenters. The van der Waals surface area contributed by atoms with E-state index in [1.807, 2.05) is 35.2 Å². The van der Waals surface area contributed by atoms with Gasteiger partial charge < -0.3 is 14.5 Å². The minimum absolute atomic E-state index is 0.0388. The first kappa shape index (κ1) is 20.6. The lowest BCUT2D eigenvalue weighted by molar-refractivity contribution is -0.141. The number of amides is 2. The summed E-state index contributed by atoms with van der Waals surface area (Å²) in [6.07, 6.45) is 2.00. The fourth-order valence-electron chi connectivity index (χ4n) is 3.40.